The van der Waals surface area contributed by atoms with E-state index in [0.29, 0.717) is 6.29 Å². The third kappa shape index (κ3) is 6.22. The maximum absolute atomic E-state index is 11.8. The average Bonchev–Trinajstić information content (AvgIpc) is 2.70. The number of benzene rings is 1. The van der Waals surface area contributed by atoms with Crippen LogP contribution in [-0.2, 0) is 38.1 Å². The second-order valence-electron chi connectivity index (χ2n) is 6.71. The molecule has 178 valence electrons. The Morgan fingerprint density at radius 1 is 1.00 bits per heavy atom. The summed E-state index contributed by atoms with van der Waals surface area (Å²) in [5.41, 5.74) is -0.728. The summed E-state index contributed by atoms with van der Waals surface area (Å²) in [6, 6.07) is 3.12. The summed E-state index contributed by atoms with van der Waals surface area (Å²) in [7, 11) is 0. The number of aliphatic carboxylic acids is 1. The van der Waals surface area contributed by atoms with E-state index in [1.54, 1.807) is 0 Å². The molecule has 1 aliphatic heterocycles. The van der Waals surface area contributed by atoms with Gasteiger partial charge in [0.05, 0.1) is 4.92 Å². The number of hydrogen-bond donors (Lipinski definition) is 1. The number of carboxylic acid groups (broad SMARTS) is 1. The Morgan fingerprint density at radius 3 is 2.03 bits per heavy atom. The van der Waals surface area contributed by atoms with Crippen LogP contribution in [-0.4, -0.2) is 70.9 Å². The van der Waals surface area contributed by atoms with Crippen LogP contribution in [0, 0.1) is 10.1 Å². The molecule has 14 heteroatoms. The van der Waals surface area contributed by atoms with Crippen LogP contribution < -0.4 is 4.74 Å². The molecule has 0 unspecified atom stereocenters. The standard InChI is InChI=1S/C19H19NO13/c1-8(22)29-14-15(30-9(2)23)17(31-10(3)24)19(33-16(14)18(25)26)32-13-5-4-11(7-21)6-12(13)20(27)28/h4-7,14-17,19H,1-3H3,(H,25,26)/t14-,15-,16-,17+,19+/m0/s1. The third-order valence-corrected chi connectivity index (χ3v) is 4.20. The van der Waals surface area contributed by atoms with E-state index in [-0.39, 0.29) is 5.56 Å². The predicted octanol–water partition coefficient (Wildman–Crippen LogP) is 0.391. The zero-order chi connectivity index (χ0) is 24.9. The fourth-order valence-corrected chi connectivity index (χ4v) is 3.04. The molecule has 0 amide bonds. The van der Waals surface area contributed by atoms with Gasteiger partial charge >= 0.3 is 29.6 Å². The maximum atomic E-state index is 11.8. The second kappa shape index (κ2) is 10.5. The normalized spacial score (nSPS) is 24.2. The minimum atomic E-state index is -1.97. The fourth-order valence-electron chi connectivity index (χ4n) is 3.04. The molecule has 5 atom stereocenters. The maximum Gasteiger partial charge on any atom is 0.337 e. The highest BCUT2D eigenvalue weighted by molar-refractivity contribution is 5.77. The second-order valence-corrected chi connectivity index (χ2v) is 6.71. The van der Waals surface area contributed by atoms with E-state index in [1.165, 1.54) is 6.07 Å². The first-order chi connectivity index (χ1) is 15.4. The zero-order valence-electron chi connectivity index (χ0n) is 17.5. The molecular weight excluding hydrogens is 450 g/mol. The molecule has 14 nitrogen and oxygen atoms in total. The summed E-state index contributed by atoms with van der Waals surface area (Å²) in [5.74, 6) is -4.95. The first-order valence-corrected chi connectivity index (χ1v) is 9.24. The van der Waals surface area contributed by atoms with Gasteiger partial charge in [-0.25, -0.2) is 4.79 Å². The number of ether oxygens (including phenoxy) is 5. The van der Waals surface area contributed by atoms with Gasteiger partial charge in [0.1, 0.15) is 6.29 Å². The number of nitro groups is 1. The number of nitro benzene ring substituents is 1. The molecule has 2 rings (SSSR count). The number of nitrogens with zero attached hydrogens (tertiary/aromatic N) is 1. The lowest BCUT2D eigenvalue weighted by atomic mass is 9.97. The highest BCUT2D eigenvalue weighted by atomic mass is 16.7. The molecule has 1 N–H and O–H groups in total. The van der Waals surface area contributed by atoms with Crippen LogP contribution in [0.4, 0.5) is 5.69 Å². The molecule has 0 saturated carbocycles. The summed E-state index contributed by atoms with van der Waals surface area (Å²) >= 11 is 0. The van der Waals surface area contributed by atoms with E-state index in [9.17, 15) is 39.2 Å². The van der Waals surface area contributed by atoms with E-state index in [1.807, 2.05) is 0 Å². The lowest BCUT2D eigenvalue weighted by Gasteiger charge is -2.42. The molecule has 0 aliphatic carbocycles. The number of rotatable bonds is 8. The predicted molar refractivity (Wildman–Crippen MR) is 102 cm³/mol. The van der Waals surface area contributed by atoms with E-state index >= 15 is 0 Å². The van der Waals surface area contributed by atoms with E-state index in [4.69, 9.17) is 23.7 Å². The van der Waals surface area contributed by atoms with Crippen LogP contribution in [0.2, 0.25) is 0 Å². The van der Waals surface area contributed by atoms with Gasteiger partial charge in [-0.15, -0.1) is 0 Å². The van der Waals surface area contributed by atoms with Gasteiger partial charge in [-0.2, -0.15) is 0 Å². The van der Waals surface area contributed by atoms with Crippen molar-refractivity contribution in [3.05, 3.63) is 33.9 Å². The number of hydrogen-bond acceptors (Lipinski definition) is 12. The lowest BCUT2D eigenvalue weighted by molar-refractivity contribution is -0.387. The van der Waals surface area contributed by atoms with E-state index in [0.717, 1.165) is 32.9 Å². The number of carboxylic acids is 1. The summed E-state index contributed by atoms with van der Waals surface area (Å²) < 4.78 is 25.9. The summed E-state index contributed by atoms with van der Waals surface area (Å²) in [6.07, 6.45) is -8.62. The average molecular weight is 469 g/mol. The molecule has 0 bridgehead atoms. The minimum absolute atomic E-state index is 0.0497. The van der Waals surface area contributed by atoms with Gasteiger partial charge in [0.15, 0.2) is 24.1 Å². The summed E-state index contributed by atoms with van der Waals surface area (Å²) in [4.78, 5) is 68.2. The summed E-state index contributed by atoms with van der Waals surface area (Å²) in [5, 5.41) is 21.0. The molecule has 33 heavy (non-hydrogen) atoms. The minimum Gasteiger partial charge on any atom is -0.479 e. The lowest BCUT2D eigenvalue weighted by Crippen LogP contribution is -2.64. The SMILES string of the molecule is CC(=O)O[C@@H]1[C@@H](OC(C)=O)[C@H](Oc2ccc(C=O)cc2[N+](=O)[O-])O[C@H](C(=O)O)[C@H]1OC(C)=O. The van der Waals surface area contributed by atoms with Crippen LogP contribution in [0.3, 0.4) is 0 Å². The Morgan fingerprint density at radius 2 is 1.55 bits per heavy atom. The van der Waals surface area contributed by atoms with Crippen molar-refractivity contribution >= 4 is 35.9 Å². The van der Waals surface area contributed by atoms with Crippen molar-refractivity contribution in [2.24, 2.45) is 0 Å². The third-order valence-electron chi connectivity index (χ3n) is 4.20. The Labute approximate surface area is 185 Å². The molecular formula is C19H19NO13. The van der Waals surface area contributed by atoms with Crippen molar-refractivity contribution in [2.45, 2.75) is 51.5 Å². The molecule has 0 spiro atoms. The fraction of sp³-hybridized carbons (Fsp3) is 0.421. The molecule has 0 aromatic heterocycles. The number of carbonyl (C=O) groups excluding carboxylic acids is 4. The molecule has 1 heterocycles. The largest absolute Gasteiger partial charge is 0.479 e. The highest BCUT2D eigenvalue weighted by Gasteiger charge is 2.55. The van der Waals surface area contributed by atoms with Crippen LogP contribution in [0.5, 0.6) is 5.75 Å². The van der Waals surface area contributed by atoms with Gasteiger partial charge in [0.25, 0.3) is 0 Å². The molecule has 0 radical (unpaired) electrons. The first kappa shape index (κ1) is 25.2. The van der Waals surface area contributed by atoms with Gasteiger partial charge in [-0.1, -0.05) is 0 Å². The van der Waals surface area contributed by atoms with Gasteiger partial charge in [0, 0.05) is 32.4 Å². The molecule has 1 aliphatic rings. The quantitative estimate of drug-likeness (QED) is 0.181. The van der Waals surface area contributed by atoms with Crippen molar-refractivity contribution in [3.8, 4) is 5.75 Å². The molecule has 1 saturated heterocycles. The van der Waals surface area contributed by atoms with Gasteiger partial charge < -0.3 is 28.8 Å². The van der Waals surface area contributed by atoms with Gasteiger partial charge in [-0.3, -0.25) is 29.3 Å². The van der Waals surface area contributed by atoms with Crippen molar-refractivity contribution in [1.82, 2.24) is 0 Å². The molecule has 1 aromatic rings. The number of esters is 3. The van der Waals surface area contributed by atoms with Crippen molar-refractivity contribution in [3.63, 3.8) is 0 Å². The number of aldehydes is 1. The Balaban J connectivity index is 2.57. The van der Waals surface area contributed by atoms with Crippen LogP contribution in [0.25, 0.3) is 0 Å². The van der Waals surface area contributed by atoms with Crippen molar-refractivity contribution in [1.29, 1.82) is 0 Å². The first-order valence-electron chi connectivity index (χ1n) is 9.24. The zero-order valence-corrected chi connectivity index (χ0v) is 17.5. The smallest absolute Gasteiger partial charge is 0.337 e. The molecule has 1 aromatic carbocycles. The van der Waals surface area contributed by atoms with Gasteiger partial charge in [0.2, 0.25) is 12.4 Å². The van der Waals surface area contributed by atoms with Crippen molar-refractivity contribution < 1.29 is 57.7 Å². The topological polar surface area (TPSA) is 195 Å². The Hall–Kier alpha value is -4.07. The highest BCUT2D eigenvalue weighted by Crippen LogP contribution is 2.34. The van der Waals surface area contributed by atoms with E-state index in [2.05, 4.69) is 0 Å². The summed E-state index contributed by atoms with van der Waals surface area (Å²) in [6.45, 7) is 2.91. The molecule has 1 fully saturated rings. The Bertz CT molecular complexity index is 974. The van der Waals surface area contributed by atoms with Gasteiger partial charge in [-0.05, 0) is 12.1 Å². The van der Waals surface area contributed by atoms with Crippen LogP contribution in [0.1, 0.15) is 31.1 Å². The van der Waals surface area contributed by atoms with E-state index < -0.39 is 70.9 Å². The van der Waals surface area contributed by atoms with Crippen LogP contribution in [0.15, 0.2) is 18.2 Å². The Kier molecular flexibility index (Phi) is 8.01. The number of carbonyl (C=O) groups is 5. The van der Waals surface area contributed by atoms with Crippen molar-refractivity contribution in [2.75, 3.05) is 0 Å². The van der Waals surface area contributed by atoms with Crippen LogP contribution >= 0.6 is 0 Å². The monoisotopic (exact) mass is 469 g/mol.